The zero-order chi connectivity index (χ0) is 11.3. The van der Waals surface area contributed by atoms with Crippen LogP contribution in [0.25, 0.3) is 0 Å². The van der Waals surface area contributed by atoms with Crippen LogP contribution < -0.4 is 0 Å². The van der Waals surface area contributed by atoms with Crippen molar-refractivity contribution in [2.75, 3.05) is 0 Å². The van der Waals surface area contributed by atoms with Gasteiger partial charge in [-0.25, -0.2) is 0 Å². The van der Waals surface area contributed by atoms with Crippen molar-refractivity contribution >= 4 is 0 Å². The number of hydrogen-bond donors (Lipinski definition) is 0. The molecule has 1 aliphatic heterocycles. The summed E-state index contributed by atoms with van der Waals surface area (Å²) in [4.78, 5) is 0. The van der Waals surface area contributed by atoms with Crippen LogP contribution in [0.15, 0.2) is 36.0 Å². The molecular weight excluding hydrogens is 184 g/mol. The summed E-state index contributed by atoms with van der Waals surface area (Å²) in [6.45, 7) is 12.8. The zero-order valence-electron chi connectivity index (χ0n) is 10.1. The first kappa shape index (κ1) is 10.7. The molecule has 0 unspecified atom stereocenters. The van der Waals surface area contributed by atoms with Crippen molar-refractivity contribution in [3.8, 4) is 0 Å². The van der Waals surface area contributed by atoms with Crippen LogP contribution in [0, 0.1) is 5.41 Å². The van der Waals surface area contributed by atoms with Crippen molar-refractivity contribution in [2.45, 2.75) is 45.8 Å². The summed E-state index contributed by atoms with van der Waals surface area (Å²) in [5.41, 5.74) is 2.39. The lowest BCUT2D eigenvalue weighted by Crippen LogP contribution is -2.47. The first-order valence-corrected chi connectivity index (χ1v) is 5.61. The summed E-state index contributed by atoms with van der Waals surface area (Å²) in [5, 5.41) is 0. The summed E-state index contributed by atoms with van der Waals surface area (Å²) < 4.78 is 6.15. The van der Waals surface area contributed by atoms with Crippen molar-refractivity contribution in [3.63, 3.8) is 0 Å². The molecule has 15 heavy (non-hydrogen) atoms. The number of hydrogen-bond acceptors (Lipinski definition) is 1. The molecule has 0 saturated carbocycles. The summed E-state index contributed by atoms with van der Waals surface area (Å²) in [6.07, 6.45) is 7.79. The van der Waals surface area contributed by atoms with Crippen molar-refractivity contribution in [1.82, 2.24) is 0 Å². The summed E-state index contributed by atoms with van der Waals surface area (Å²) in [7, 11) is 0. The number of ether oxygens (including phenoxy) is 1. The van der Waals surface area contributed by atoms with Gasteiger partial charge in [0, 0.05) is 5.41 Å². The first-order valence-electron chi connectivity index (χ1n) is 5.61. The predicted molar refractivity (Wildman–Crippen MR) is 63.7 cm³/mol. The molecule has 0 aromatic heterocycles. The van der Waals surface area contributed by atoms with E-state index in [-0.39, 0.29) is 17.1 Å². The third-order valence-corrected chi connectivity index (χ3v) is 3.65. The van der Waals surface area contributed by atoms with Crippen molar-refractivity contribution < 1.29 is 4.74 Å². The molecule has 1 aliphatic carbocycles. The van der Waals surface area contributed by atoms with E-state index in [0.29, 0.717) is 0 Å². The second kappa shape index (κ2) is 3.08. The van der Waals surface area contributed by atoms with Gasteiger partial charge in [-0.2, -0.15) is 0 Å². The Morgan fingerprint density at radius 2 is 2.13 bits per heavy atom. The molecule has 0 fully saturated rings. The largest absolute Gasteiger partial charge is 0.359 e. The van der Waals surface area contributed by atoms with E-state index < -0.39 is 0 Å². The molecule has 2 atom stereocenters. The number of allylic oxidation sites excluding steroid dienone is 2. The average Bonchev–Trinajstić information content (AvgIpc) is 2.45. The van der Waals surface area contributed by atoms with Crippen LogP contribution in [0.4, 0.5) is 0 Å². The second-order valence-electron chi connectivity index (χ2n) is 5.46. The highest BCUT2D eigenvalue weighted by Gasteiger charge is 2.50. The Labute approximate surface area is 92.5 Å². The van der Waals surface area contributed by atoms with Gasteiger partial charge in [0.15, 0.2) is 0 Å². The Morgan fingerprint density at radius 1 is 1.47 bits per heavy atom. The molecule has 1 heteroatoms. The standard InChI is InChI=1S/C14H20O/c1-10-8-11(2)14(13(4,5)9-10)7-6-12(3)15-14/h6-8,12H,1,9H2,2-5H3/t12-,14+/m0/s1. The van der Waals surface area contributed by atoms with Crippen LogP contribution >= 0.6 is 0 Å². The van der Waals surface area contributed by atoms with Crippen molar-refractivity contribution in [1.29, 1.82) is 0 Å². The van der Waals surface area contributed by atoms with E-state index in [0.717, 1.165) is 6.42 Å². The minimum Gasteiger partial charge on any atom is -0.359 e. The molecule has 0 aromatic carbocycles. The van der Waals surface area contributed by atoms with Crippen LogP contribution in [-0.4, -0.2) is 11.7 Å². The molecule has 0 N–H and O–H groups in total. The van der Waals surface area contributed by atoms with Gasteiger partial charge in [-0.05, 0) is 31.9 Å². The molecule has 0 bridgehead atoms. The smallest absolute Gasteiger partial charge is 0.114 e. The maximum absolute atomic E-state index is 6.15. The molecular formula is C14H20O. The molecule has 2 rings (SSSR count). The third kappa shape index (κ3) is 1.41. The van der Waals surface area contributed by atoms with Crippen LogP contribution in [0.3, 0.4) is 0 Å². The summed E-state index contributed by atoms with van der Waals surface area (Å²) >= 11 is 0. The lowest BCUT2D eigenvalue weighted by atomic mass is 9.64. The van der Waals surface area contributed by atoms with Gasteiger partial charge in [0.25, 0.3) is 0 Å². The summed E-state index contributed by atoms with van der Waals surface area (Å²) in [6, 6.07) is 0. The Balaban J connectivity index is 2.50. The minimum absolute atomic E-state index is 0.101. The van der Waals surface area contributed by atoms with Gasteiger partial charge in [0.05, 0.1) is 6.10 Å². The molecule has 82 valence electrons. The lowest BCUT2D eigenvalue weighted by Gasteiger charge is -2.47. The Morgan fingerprint density at radius 3 is 2.60 bits per heavy atom. The Hall–Kier alpha value is -0.820. The molecule has 0 radical (unpaired) electrons. The molecule has 0 aromatic rings. The Kier molecular flexibility index (Phi) is 2.20. The topological polar surface area (TPSA) is 9.23 Å². The van der Waals surface area contributed by atoms with Gasteiger partial charge in [-0.3, -0.25) is 0 Å². The van der Waals surface area contributed by atoms with Gasteiger partial charge >= 0.3 is 0 Å². The highest BCUT2D eigenvalue weighted by atomic mass is 16.5. The first-order chi connectivity index (χ1) is 6.87. The van der Waals surface area contributed by atoms with Gasteiger partial charge in [0.2, 0.25) is 0 Å². The monoisotopic (exact) mass is 204 g/mol. The van der Waals surface area contributed by atoms with E-state index in [4.69, 9.17) is 4.74 Å². The van der Waals surface area contributed by atoms with Gasteiger partial charge in [0.1, 0.15) is 5.60 Å². The maximum Gasteiger partial charge on any atom is 0.114 e. The summed E-state index contributed by atoms with van der Waals surface area (Å²) in [5.74, 6) is 0. The van der Waals surface area contributed by atoms with E-state index in [9.17, 15) is 0 Å². The van der Waals surface area contributed by atoms with E-state index in [1.165, 1.54) is 11.1 Å². The molecule has 0 amide bonds. The number of rotatable bonds is 0. The second-order valence-corrected chi connectivity index (χ2v) is 5.46. The fourth-order valence-corrected chi connectivity index (χ4v) is 2.95. The molecule has 1 nitrogen and oxygen atoms in total. The quantitative estimate of drug-likeness (QED) is 0.547. The molecule has 2 aliphatic rings. The molecule has 1 heterocycles. The van der Waals surface area contributed by atoms with Gasteiger partial charge in [-0.1, -0.05) is 38.2 Å². The van der Waals surface area contributed by atoms with Crippen LogP contribution in [0.1, 0.15) is 34.1 Å². The fourth-order valence-electron chi connectivity index (χ4n) is 2.95. The predicted octanol–water partition coefficient (Wildman–Crippen LogP) is 3.63. The van der Waals surface area contributed by atoms with Crippen LogP contribution in [0.5, 0.6) is 0 Å². The molecule has 0 saturated heterocycles. The Bertz CT molecular complexity index is 360. The van der Waals surface area contributed by atoms with Gasteiger partial charge in [-0.15, -0.1) is 0 Å². The van der Waals surface area contributed by atoms with Crippen LogP contribution in [-0.2, 0) is 4.74 Å². The van der Waals surface area contributed by atoms with Crippen LogP contribution in [0.2, 0.25) is 0 Å². The SMILES string of the molecule is C=C1C=C(C)[C@]2(C=C[C@H](C)O2)C(C)(C)C1. The third-order valence-electron chi connectivity index (χ3n) is 3.65. The normalized spacial score (nSPS) is 38.5. The van der Waals surface area contributed by atoms with Crippen molar-refractivity contribution in [3.05, 3.63) is 36.0 Å². The van der Waals surface area contributed by atoms with E-state index in [1.54, 1.807) is 0 Å². The fraction of sp³-hybridized carbons (Fsp3) is 0.571. The van der Waals surface area contributed by atoms with Gasteiger partial charge < -0.3 is 4.74 Å². The maximum atomic E-state index is 6.15. The molecule has 1 spiro atoms. The lowest BCUT2D eigenvalue weighted by molar-refractivity contribution is -0.0686. The van der Waals surface area contributed by atoms with Crippen molar-refractivity contribution in [2.24, 2.45) is 5.41 Å². The highest BCUT2D eigenvalue weighted by molar-refractivity contribution is 5.41. The van der Waals surface area contributed by atoms with E-state index in [2.05, 4.69) is 52.5 Å². The van der Waals surface area contributed by atoms with E-state index >= 15 is 0 Å². The average molecular weight is 204 g/mol. The highest BCUT2D eigenvalue weighted by Crippen LogP contribution is 2.51. The zero-order valence-corrected chi connectivity index (χ0v) is 10.1. The van der Waals surface area contributed by atoms with E-state index in [1.807, 2.05) is 0 Å². The minimum atomic E-state index is -0.201.